The lowest BCUT2D eigenvalue weighted by atomic mass is 9.91. The number of likely N-dealkylation sites (N-methyl/N-ethyl adjacent to an activating group) is 1. The monoisotopic (exact) mass is 254 g/mol. The Kier molecular flexibility index (Phi) is 3.94. The Hall–Kier alpha value is -0.650. The summed E-state index contributed by atoms with van der Waals surface area (Å²) in [5.74, 6) is -0.0477. The number of hydrogen-bond acceptors (Lipinski definition) is 4. The van der Waals surface area contributed by atoms with E-state index in [0.29, 0.717) is 18.5 Å². The number of rotatable bonds is 5. The summed E-state index contributed by atoms with van der Waals surface area (Å²) in [4.78, 5) is 16.2. The van der Waals surface area contributed by atoms with E-state index in [2.05, 4.69) is 23.9 Å². The molecule has 0 radical (unpaired) electrons. The summed E-state index contributed by atoms with van der Waals surface area (Å²) in [6.45, 7) is 2.83. The highest BCUT2D eigenvalue weighted by Crippen LogP contribution is 2.38. The van der Waals surface area contributed by atoms with Gasteiger partial charge in [-0.15, -0.1) is 0 Å². The van der Waals surface area contributed by atoms with Crippen LogP contribution in [0, 0.1) is 5.92 Å². The van der Waals surface area contributed by atoms with Crippen molar-refractivity contribution >= 4 is 5.91 Å². The fourth-order valence-corrected chi connectivity index (χ4v) is 2.98. The molecule has 2 rings (SSSR count). The molecule has 0 aromatic carbocycles. The van der Waals surface area contributed by atoms with Gasteiger partial charge in [0.1, 0.15) is 5.54 Å². The van der Waals surface area contributed by atoms with Crippen molar-refractivity contribution in [2.75, 3.05) is 33.7 Å². The lowest BCUT2D eigenvalue weighted by molar-refractivity contribution is -0.124. The molecule has 1 amide bonds. The zero-order valence-corrected chi connectivity index (χ0v) is 11.6. The highest BCUT2D eigenvalue weighted by Gasteiger charge is 2.47. The third-order valence-electron chi connectivity index (χ3n) is 4.59. The number of nitrogens with zero attached hydrogens (tertiary/aromatic N) is 2. The van der Waals surface area contributed by atoms with Gasteiger partial charge in [-0.2, -0.15) is 0 Å². The molecule has 0 aromatic rings. The molecular formula is C13H26N4O. The molecule has 1 saturated carbocycles. The maximum atomic E-state index is 11.6. The normalized spacial score (nSPS) is 26.2. The quantitative estimate of drug-likeness (QED) is 0.700. The summed E-state index contributed by atoms with van der Waals surface area (Å²) >= 11 is 0. The maximum Gasteiger partial charge on any atom is 0.239 e. The van der Waals surface area contributed by atoms with Gasteiger partial charge in [-0.05, 0) is 58.8 Å². The van der Waals surface area contributed by atoms with Crippen molar-refractivity contribution in [2.45, 2.75) is 37.3 Å². The van der Waals surface area contributed by atoms with E-state index in [1.807, 2.05) is 0 Å². The molecule has 18 heavy (non-hydrogen) atoms. The fourth-order valence-electron chi connectivity index (χ4n) is 2.98. The van der Waals surface area contributed by atoms with Crippen molar-refractivity contribution in [1.29, 1.82) is 0 Å². The lowest BCUT2D eigenvalue weighted by Gasteiger charge is -2.39. The third kappa shape index (κ3) is 2.84. The Morgan fingerprint density at radius 1 is 1.33 bits per heavy atom. The number of carbonyl (C=O) groups is 1. The van der Waals surface area contributed by atoms with Crippen LogP contribution in [0.2, 0.25) is 0 Å². The van der Waals surface area contributed by atoms with Crippen LogP contribution < -0.4 is 11.5 Å². The number of amides is 1. The number of carbonyl (C=O) groups excluding carboxylic acids is 1. The summed E-state index contributed by atoms with van der Waals surface area (Å²) in [5.41, 5.74) is 10.9. The van der Waals surface area contributed by atoms with Crippen LogP contribution in [-0.2, 0) is 4.79 Å². The molecule has 2 fully saturated rings. The lowest BCUT2D eigenvalue weighted by Crippen LogP contribution is -2.61. The molecule has 0 spiro atoms. The third-order valence-corrected chi connectivity index (χ3v) is 4.59. The van der Waals surface area contributed by atoms with E-state index in [-0.39, 0.29) is 5.91 Å². The number of piperidine rings is 1. The Balaban J connectivity index is 1.92. The average Bonchev–Trinajstić information content (AvgIpc) is 3.13. The van der Waals surface area contributed by atoms with E-state index >= 15 is 0 Å². The Bertz CT molecular complexity index is 310. The predicted octanol–water partition coefficient (Wildman–Crippen LogP) is -0.395. The predicted molar refractivity (Wildman–Crippen MR) is 72.0 cm³/mol. The van der Waals surface area contributed by atoms with Gasteiger partial charge in [0.15, 0.2) is 0 Å². The smallest absolute Gasteiger partial charge is 0.239 e. The molecule has 1 saturated heterocycles. The number of likely N-dealkylation sites (tertiary alicyclic amines) is 1. The average molecular weight is 254 g/mol. The molecule has 104 valence electrons. The zero-order valence-electron chi connectivity index (χ0n) is 11.6. The van der Waals surface area contributed by atoms with Gasteiger partial charge in [-0.1, -0.05) is 0 Å². The first-order chi connectivity index (χ1) is 8.43. The Labute approximate surface area is 109 Å². The SMILES string of the molecule is CN1CCC(N(C)CC(N)(C(N)=O)C2CC2)CC1. The fraction of sp³-hybridized carbons (Fsp3) is 0.923. The molecule has 4 N–H and O–H groups in total. The van der Waals surface area contributed by atoms with Crippen LogP contribution in [0.5, 0.6) is 0 Å². The van der Waals surface area contributed by atoms with E-state index in [1.54, 1.807) is 0 Å². The van der Waals surface area contributed by atoms with Gasteiger partial charge < -0.3 is 21.3 Å². The maximum absolute atomic E-state index is 11.6. The van der Waals surface area contributed by atoms with Crippen LogP contribution >= 0.6 is 0 Å². The second-order valence-electron chi connectivity index (χ2n) is 6.13. The van der Waals surface area contributed by atoms with Gasteiger partial charge in [0, 0.05) is 12.6 Å². The van der Waals surface area contributed by atoms with Gasteiger partial charge in [0.05, 0.1) is 0 Å². The summed E-state index contributed by atoms with van der Waals surface area (Å²) in [7, 11) is 4.22. The van der Waals surface area contributed by atoms with E-state index in [0.717, 1.165) is 38.8 Å². The molecule has 1 heterocycles. The summed E-state index contributed by atoms with van der Waals surface area (Å²) < 4.78 is 0. The van der Waals surface area contributed by atoms with Gasteiger partial charge >= 0.3 is 0 Å². The van der Waals surface area contributed by atoms with Crippen LogP contribution in [-0.4, -0.2) is 61.0 Å². The Morgan fingerprint density at radius 3 is 2.33 bits per heavy atom. The molecular weight excluding hydrogens is 228 g/mol. The van der Waals surface area contributed by atoms with Crippen LogP contribution in [0.4, 0.5) is 0 Å². The van der Waals surface area contributed by atoms with Crippen molar-refractivity contribution in [2.24, 2.45) is 17.4 Å². The molecule has 1 unspecified atom stereocenters. The van der Waals surface area contributed by atoms with Crippen molar-refractivity contribution in [3.8, 4) is 0 Å². The van der Waals surface area contributed by atoms with Gasteiger partial charge in [-0.3, -0.25) is 4.79 Å². The second-order valence-corrected chi connectivity index (χ2v) is 6.13. The van der Waals surface area contributed by atoms with E-state index in [9.17, 15) is 4.79 Å². The summed E-state index contributed by atoms with van der Waals surface area (Å²) in [5, 5.41) is 0. The number of nitrogens with two attached hydrogens (primary N) is 2. The number of primary amides is 1. The van der Waals surface area contributed by atoms with Crippen molar-refractivity contribution in [1.82, 2.24) is 9.80 Å². The first-order valence-corrected chi connectivity index (χ1v) is 6.91. The van der Waals surface area contributed by atoms with Crippen molar-refractivity contribution in [3.63, 3.8) is 0 Å². The molecule has 0 aromatic heterocycles. The minimum atomic E-state index is -0.821. The van der Waals surface area contributed by atoms with E-state index < -0.39 is 5.54 Å². The van der Waals surface area contributed by atoms with Crippen molar-refractivity contribution in [3.05, 3.63) is 0 Å². The van der Waals surface area contributed by atoms with Crippen molar-refractivity contribution < 1.29 is 4.79 Å². The molecule has 1 aliphatic carbocycles. The zero-order chi connectivity index (χ0) is 13.3. The molecule has 1 aliphatic heterocycles. The van der Waals surface area contributed by atoms with Crippen LogP contribution in [0.15, 0.2) is 0 Å². The minimum Gasteiger partial charge on any atom is -0.368 e. The second kappa shape index (κ2) is 5.15. The summed E-state index contributed by atoms with van der Waals surface area (Å²) in [6.07, 6.45) is 4.38. The van der Waals surface area contributed by atoms with Crippen LogP contribution in [0.3, 0.4) is 0 Å². The number of hydrogen-bond donors (Lipinski definition) is 2. The molecule has 1 atom stereocenters. The first-order valence-electron chi connectivity index (χ1n) is 6.91. The van der Waals surface area contributed by atoms with Gasteiger partial charge in [0.25, 0.3) is 0 Å². The largest absolute Gasteiger partial charge is 0.368 e. The molecule has 0 bridgehead atoms. The highest BCUT2D eigenvalue weighted by molar-refractivity contribution is 5.85. The van der Waals surface area contributed by atoms with E-state index in [1.165, 1.54) is 0 Å². The first kappa shape index (κ1) is 13.8. The van der Waals surface area contributed by atoms with Crippen LogP contribution in [0.25, 0.3) is 0 Å². The molecule has 5 nitrogen and oxygen atoms in total. The molecule has 2 aliphatic rings. The van der Waals surface area contributed by atoms with Gasteiger partial charge in [-0.25, -0.2) is 0 Å². The standard InChI is InChI=1S/C13H26N4O/c1-16-7-5-11(6-8-16)17(2)9-13(15,12(14)18)10-3-4-10/h10-11H,3-9,15H2,1-2H3,(H2,14,18). The van der Waals surface area contributed by atoms with Gasteiger partial charge in [0.2, 0.25) is 5.91 Å². The molecule has 5 heteroatoms. The minimum absolute atomic E-state index is 0.295. The highest BCUT2D eigenvalue weighted by atomic mass is 16.1. The summed E-state index contributed by atoms with van der Waals surface area (Å²) in [6, 6.07) is 0.530. The van der Waals surface area contributed by atoms with E-state index in [4.69, 9.17) is 11.5 Å². The van der Waals surface area contributed by atoms with Crippen LogP contribution in [0.1, 0.15) is 25.7 Å². The Morgan fingerprint density at radius 2 is 1.89 bits per heavy atom. The topological polar surface area (TPSA) is 75.6 Å².